The summed E-state index contributed by atoms with van der Waals surface area (Å²) in [4.78, 5) is 10.7. The predicted molar refractivity (Wildman–Crippen MR) is 47.1 cm³/mol. The van der Waals surface area contributed by atoms with Crippen LogP contribution in [0.1, 0.15) is 26.7 Å². The average Bonchev–Trinajstić information content (AvgIpc) is 1.88. The Bertz CT molecular complexity index is 128. The van der Waals surface area contributed by atoms with Crippen LogP contribution in [0.2, 0.25) is 0 Å². The Labute approximate surface area is 69.3 Å². The molecule has 0 amide bonds. The Morgan fingerprint density at radius 1 is 1.55 bits per heavy atom. The quantitative estimate of drug-likeness (QED) is 0.356. The molecule has 2 heteroatoms. The van der Waals surface area contributed by atoms with Crippen LogP contribution in [0, 0.1) is 7.43 Å². The number of carbonyl (C=O) groups excluding carboxylic acids is 1. The van der Waals surface area contributed by atoms with Crippen LogP contribution in [0.25, 0.3) is 0 Å². The normalized spacial score (nSPS) is 8.18. The van der Waals surface area contributed by atoms with Crippen molar-refractivity contribution in [1.82, 2.24) is 0 Å². The van der Waals surface area contributed by atoms with E-state index in [0.29, 0.717) is 12.2 Å². The SMILES string of the molecule is C=C(C)C(=O)OCCCC.[CH3]. The first-order chi connectivity index (χ1) is 4.68. The molecule has 0 aromatic rings. The van der Waals surface area contributed by atoms with Crippen molar-refractivity contribution in [2.75, 3.05) is 6.61 Å². The minimum absolute atomic E-state index is 0. The maximum Gasteiger partial charge on any atom is 0.333 e. The van der Waals surface area contributed by atoms with Gasteiger partial charge in [-0.2, -0.15) is 0 Å². The number of ether oxygens (including phenoxy) is 1. The van der Waals surface area contributed by atoms with E-state index in [2.05, 4.69) is 13.5 Å². The summed E-state index contributed by atoms with van der Waals surface area (Å²) in [6, 6.07) is 0. The van der Waals surface area contributed by atoms with E-state index in [4.69, 9.17) is 4.74 Å². The summed E-state index contributed by atoms with van der Waals surface area (Å²) >= 11 is 0. The molecule has 0 aliphatic heterocycles. The van der Waals surface area contributed by atoms with Crippen molar-refractivity contribution in [1.29, 1.82) is 0 Å². The minimum Gasteiger partial charge on any atom is -0.462 e. The number of unbranched alkanes of at least 4 members (excludes halogenated alkanes) is 1. The van der Waals surface area contributed by atoms with Gasteiger partial charge in [0.25, 0.3) is 0 Å². The number of hydrogen-bond acceptors (Lipinski definition) is 2. The first kappa shape index (κ1) is 12.8. The fourth-order valence-electron chi connectivity index (χ4n) is 0.432. The van der Waals surface area contributed by atoms with E-state index in [0.717, 1.165) is 12.8 Å². The monoisotopic (exact) mass is 157 g/mol. The Balaban J connectivity index is 0. The maximum atomic E-state index is 10.7. The smallest absolute Gasteiger partial charge is 0.333 e. The van der Waals surface area contributed by atoms with E-state index >= 15 is 0 Å². The fourth-order valence-corrected chi connectivity index (χ4v) is 0.432. The van der Waals surface area contributed by atoms with E-state index < -0.39 is 0 Å². The van der Waals surface area contributed by atoms with E-state index in [-0.39, 0.29) is 13.4 Å². The summed E-state index contributed by atoms with van der Waals surface area (Å²) in [7, 11) is 0. The largest absolute Gasteiger partial charge is 0.462 e. The highest BCUT2D eigenvalue weighted by Gasteiger charge is 2.00. The third-order valence-corrected chi connectivity index (χ3v) is 1.08. The van der Waals surface area contributed by atoms with Crippen LogP contribution in [0.3, 0.4) is 0 Å². The summed E-state index contributed by atoms with van der Waals surface area (Å²) in [6.07, 6.45) is 1.97. The predicted octanol–water partition coefficient (Wildman–Crippen LogP) is 2.36. The molecule has 65 valence electrons. The Morgan fingerprint density at radius 2 is 2.09 bits per heavy atom. The summed E-state index contributed by atoms with van der Waals surface area (Å²) in [6.45, 7) is 7.67. The first-order valence-corrected chi connectivity index (χ1v) is 3.51. The van der Waals surface area contributed by atoms with Gasteiger partial charge in [0.2, 0.25) is 0 Å². The molecule has 0 spiro atoms. The van der Waals surface area contributed by atoms with Gasteiger partial charge in [0.1, 0.15) is 0 Å². The number of rotatable bonds is 4. The van der Waals surface area contributed by atoms with Crippen molar-refractivity contribution in [3.63, 3.8) is 0 Å². The highest BCUT2D eigenvalue weighted by Crippen LogP contribution is 1.94. The molecule has 1 radical (unpaired) electrons. The molecule has 11 heavy (non-hydrogen) atoms. The Hall–Kier alpha value is -0.790. The zero-order chi connectivity index (χ0) is 7.98. The van der Waals surface area contributed by atoms with E-state index in [1.807, 2.05) is 0 Å². The summed E-state index contributed by atoms with van der Waals surface area (Å²) in [5.74, 6) is -0.284. The lowest BCUT2D eigenvalue weighted by molar-refractivity contribution is -0.139. The Kier molecular flexibility index (Phi) is 8.55. The second-order valence-electron chi connectivity index (χ2n) is 2.27. The lowest BCUT2D eigenvalue weighted by atomic mass is 10.3. The molecular formula is C9H17O2. The molecule has 0 aromatic heterocycles. The number of hydrogen-bond donors (Lipinski definition) is 0. The van der Waals surface area contributed by atoms with Crippen molar-refractivity contribution in [2.24, 2.45) is 0 Å². The van der Waals surface area contributed by atoms with Gasteiger partial charge in [-0.3, -0.25) is 0 Å². The van der Waals surface area contributed by atoms with Crippen molar-refractivity contribution >= 4 is 5.97 Å². The molecule has 0 aliphatic carbocycles. The van der Waals surface area contributed by atoms with Crippen LogP contribution in [-0.4, -0.2) is 12.6 Å². The standard InChI is InChI=1S/C8H14O2.CH3/c1-4-5-6-10-8(9)7(2)3;/h2,4-6H2,1,3H3;1H3. The van der Waals surface area contributed by atoms with E-state index in [1.165, 1.54) is 0 Å². The van der Waals surface area contributed by atoms with Gasteiger partial charge in [-0.05, 0) is 13.3 Å². The molecule has 0 saturated carbocycles. The van der Waals surface area contributed by atoms with Crippen LogP contribution < -0.4 is 0 Å². The van der Waals surface area contributed by atoms with Gasteiger partial charge in [-0.25, -0.2) is 4.79 Å². The second kappa shape index (κ2) is 7.32. The third-order valence-electron chi connectivity index (χ3n) is 1.08. The molecule has 0 bridgehead atoms. The fraction of sp³-hybridized carbons (Fsp3) is 0.556. The molecule has 0 rings (SSSR count). The molecular weight excluding hydrogens is 140 g/mol. The molecule has 2 nitrogen and oxygen atoms in total. The first-order valence-electron chi connectivity index (χ1n) is 3.51. The zero-order valence-corrected chi connectivity index (χ0v) is 7.64. The van der Waals surface area contributed by atoms with Gasteiger partial charge in [0.15, 0.2) is 0 Å². The molecule has 0 saturated heterocycles. The van der Waals surface area contributed by atoms with Gasteiger partial charge in [-0.1, -0.05) is 27.4 Å². The number of carbonyl (C=O) groups is 1. The highest BCUT2D eigenvalue weighted by atomic mass is 16.5. The van der Waals surface area contributed by atoms with Crippen LogP contribution in [0.4, 0.5) is 0 Å². The van der Waals surface area contributed by atoms with Gasteiger partial charge < -0.3 is 4.74 Å². The van der Waals surface area contributed by atoms with Crippen LogP contribution in [0.5, 0.6) is 0 Å². The van der Waals surface area contributed by atoms with Crippen LogP contribution in [0.15, 0.2) is 12.2 Å². The van der Waals surface area contributed by atoms with Crippen molar-refractivity contribution in [3.8, 4) is 0 Å². The summed E-state index contributed by atoms with van der Waals surface area (Å²) < 4.78 is 4.81. The summed E-state index contributed by atoms with van der Waals surface area (Å²) in [5.41, 5.74) is 0.469. The van der Waals surface area contributed by atoms with Gasteiger partial charge >= 0.3 is 5.97 Å². The van der Waals surface area contributed by atoms with Crippen molar-refractivity contribution in [2.45, 2.75) is 26.7 Å². The molecule has 0 atom stereocenters. The van der Waals surface area contributed by atoms with Crippen LogP contribution >= 0.6 is 0 Å². The molecule has 0 N–H and O–H groups in total. The van der Waals surface area contributed by atoms with Crippen LogP contribution in [-0.2, 0) is 9.53 Å². The summed E-state index contributed by atoms with van der Waals surface area (Å²) in [5, 5.41) is 0. The van der Waals surface area contributed by atoms with Gasteiger partial charge in [0.05, 0.1) is 6.61 Å². The second-order valence-corrected chi connectivity index (χ2v) is 2.27. The van der Waals surface area contributed by atoms with E-state index in [9.17, 15) is 4.79 Å². The van der Waals surface area contributed by atoms with Crippen molar-refractivity contribution < 1.29 is 9.53 Å². The molecule has 0 heterocycles. The highest BCUT2D eigenvalue weighted by molar-refractivity contribution is 5.86. The molecule has 0 fully saturated rings. The van der Waals surface area contributed by atoms with Crippen molar-refractivity contribution in [3.05, 3.63) is 19.6 Å². The van der Waals surface area contributed by atoms with E-state index in [1.54, 1.807) is 6.92 Å². The maximum absolute atomic E-state index is 10.7. The minimum atomic E-state index is -0.284. The molecule has 0 unspecified atom stereocenters. The van der Waals surface area contributed by atoms with Gasteiger partial charge in [-0.15, -0.1) is 0 Å². The molecule has 0 aromatic carbocycles. The topological polar surface area (TPSA) is 26.3 Å². The Morgan fingerprint density at radius 3 is 2.45 bits per heavy atom. The number of esters is 1. The third kappa shape index (κ3) is 7.10. The lowest BCUT2D eigenvalue weighted by Gasteiger charge is -2.01. The average molecular weight is 157 g/mol. The van der Waals surface area contributed by atoms with Gasteiger partial charge in [0, 0.05) is 5.57 Å². The lowest BCUT2D eigenvalue weighted by Crippen LogP contribution is -2.05. The molecule has 0 aliphatic rings. The zero-order valence-electron chi connectivity index (χ0n) is 7.64.